The van der Waals surface area contributed by atoms with Crippen molar-refractivity contribution in [3.8, 4) is 0 Å². The molecule has 0 spiro atoms. The lowest BCUT2D eigenvalue weighted by molar-refractivity contribution is -0.194. The first-order valence-corrected chi connectivity index (χ1v) is 6.64. The summed E-state index contributed by atoms with van der Waals surface area (Å²) in [5.41, 5.74) is 0. The second kappa shape index (κ2) is 11.7. The molecule has 0 aliphatic carbocycles. The molecule has 0 amide bonds. The number of carboxylic acids is 2. The summed E-state index contributed by atoms with van der Waals surface area (Å²) in [7, 11) is -6.44. The minimum absolute atomic E-state index is 0.862. The van der Waals surface area contributed by atoms with Gasteiger partial charge >= 0.3 is 28.4 Å². The average molecular weight is 336 g/mol. The summed E-state index contributed by atoms with van der Waals surface area (Å²) in [5, 5.41) is 32.5. The Morgan fingerprint density at radius 1 is 0.900 bits per heavy atom. The molecular weight excluding hydrogens is 326 g/mol. The molecule has 0 saturated carbocycles. The molecule has 0 fully saturated rings. The first kappa shape index (κ1) is 21.2. The first-order valence-electron chi connectivity index (χ1n) is 4.45. The molecule has 0 bridgehead atoms. The molecule has 0 aliphatic heterocycles. The van der Waals surface area contributed by atoms with Crippen LogP contribution >= 0.6 is 16.5 Å². The molecule has 116 valence electrons. The second-order valence-electron chi connectivity index (χ2n) is 2.68. The summed E-state index contributed by atoms with van der Waals surface area (Å²) in [5.74, 6) is -3.02. The maximum absolute atomic E-state index is 9.91. The summed E-state index contributed by atoms with van der Waals surface area (Å²) in [6.45, 7) is -1.72. The minimum atomic E-state index is -3.22. The van der Waals surface area contributed by atoms with Gasteiger partial charge in [-0.05, 0) is 9.13 Å². The van der Waals surface area contributed by atoms with E-state index in [0.29, 0.717) is 0 Å². The van der Waals surface area contributed by atoms with Gasteiger partial charge in [-0.3, -0.25) is 0 Å². The molecular formula is C6H10O12P2. The Bertz CT molecular complexity index is 322. The van der Waals surface area contributed by atoms with Gasteiger partial charge in [-0.25, -0.2) is 9.59 Å². The van der Waals surface area contributed by atoms with Crippen LogP contribution in [-0.4, -0.2) is 57.8 Å². The maximum Gasteiger partial charge on any atom is 0.489 e. The van der Waals surface area contributed by atoms with Crippen molar-refractivity contribution in [3.63, 3.8) is 0 Å². The smallest absolute Gasteiger partial charge is 0.489 e. The van der Waals surface area contributed by atoms with Gasteiger partial charge in [-0.1, -0.05) is 0 Å². The highest BCUT2D eigenvalue weighted by molar-refractivity contribution is 7.30. The van der Waals surface area contributed by atoms with Crippen LogP contribution in [0.1, 0.15) is 0 Å². The molecule has 4 atom stereocenters. The van der Waals surface area contributed by atoms with Crippen molar-refractivity contribution in [3.05, 3.63) is 0 Å². The van der Waals surface area contributed by atoms with Crippen molar-refractivity contribution in [2.75, 3.05) is 13.2 Å². The zero-order valence-corrected chi connectivity index (χ0v) is 11.3. The van der Waals surface area contributed by atoms with E-state index in [2.05, 4.69) is 9.05 Å². The van der Waals surface area contributed by atoms with E-state index in [1.807, 2.05) is 0 Å². The number of aliphatic carboxylic acids is 2. The van der Waals surface area contributed by atoms with Crippen molar-refractivity contribution in [1.29, 1.82) is 0 Å². The predicted octanol–water partition coefficient (Wildman–Crippen LogP) is -3.07. The van der Waals surface area contributed by atoms with Crippen LogP contribution in [0.2, 0.25) is 0 Å². The normalized spacial score (nSPS) is 14.4. The fraction of sp³-hybridized carbons (Fsp3) is 0.667. The molecule has 0 radical (unpaired) electrons. The molecule has 0 aromatic carbocycles. The number of rotatable bonds is 8. The van der Waals surface area contributed by atoms with Crippen molar-refractivity contribution in [2.24, 2.45) is 0 Å². The molecule has 0 aromatic heterocycles. The van der Waals surface area contributed by atoms with Crippen LogP contribution in [0.5, 0.6) is 0 Å². The Morgan fingerprint density at radius 2 is 1.15 bits per heavy atom. The van der Waals surface area contributed by atoms with E-state index in [1.165, 1.54) is 0 Å². The van der Waals surface area contributed by atoms with E-state index in [4.69, 9.17) is 20.4 Å². The van der Waals surface area contributed by atoms with Gasteiger partial charge in [0, 0.05) is 0 Å². The molecule has 0 aliphatic rings. The van der Waals surface area contributed by atoms with Crippen molar-refractivity contribution in [1.82, 2.24) is 0 Å². The standard InChI is InChI=1S/2C3H5O6P/c2*4-1-2(3(5)6)9-10(7)8/h2*2,4H,1H2,(H,5,6). The average Bonchev–Trinajstić information content (AvgIpc) is 2.32. The number of hydrogen-bond acceptors (Lipinski definition) is 10. The topological polar surface area (TPSA) is 214 Å². The maximum atomic E-state index is 9.91. The zero-order chi connectivity index (χ0) is 16.3. The van der Waals surface area contributed by atoms with E-state index in [-0.39, 0.29) is 0 Å². The van der Waals surface area contributed by atoms with Crippen LogP contribution in [0, 0.1) is 0 Å². The molecule has 20 heavy (non-hydrogen) atoms. The number of aliphatic hydroxyl groups is 2. The first-order chi connectivity index (χ1) is 9.15. The van der Waals surface area contributed by atoms with E-state index < -0.39 is 53.9 Å². The number of carbonyl (C=O) groups is 2. The third-order valence-corrected chi connectivity index (χ3v) is 2.16. The van der Waals surface area contributed by atoms with Gasteiger partial charge in [-0.2, -0.15) is 0 Å². The molecule has 0 rings (SSSR count). The Hall–Kier alpha value is -1.10. The van der Waals surface area contributed by atoms with Crippen molar-refractivity contribution >= 4 is 28.4 Å². The lowest BCUT2D eigenvalue weighted by Crippen LogP contribution is -2.26. The number of hydrogen-bond donors (Lipinski definition) is 4. The van der Waals surface area contributed by atoms with Crippen molar-refractivity contribution < 1.29 is 58.0 Å². The summed E-state index contributed by atoms with van der Waals surface area (Å²) < 4.78 is 27.0. The molecule has 4 unspecified atom stereocenters. The molecule has 14 heteroatoms. The molecule has 4 N–H and O–H groups in total. The summed E-state index contributed by atoms with van der Waals surface area (Å²) in [6.07, 6.45) is -3.36. The van der Waals surface area contributed by atoms with Gasteiger partial charge < -0.3 is 30.2 Å². The van der Waals surface area contributed by atoms with Gasteiger partial charge in [0.25, 0.3) is 0 Å². The summed E-state index contributed by atoms with van der Waals surface area (Å²) >= 11 is 0. The third-order valence-electron chi connectivity index (χ3n) is 1.31. The molecule has 0 saturated heterocycles. The predicted molar refractivity (Wildman–Crippen MR) is 54.4 cm³/mol. The van der Waals surface area contributed by atoms with Crippen LogP contribution in [0.15, 0.2) is 0 Å². The van der Waals surface area contributed by atoms with E-state index in [0.717, 1.165) is 0 Å². The second-order valence-corrected chi connectivity index (χ2v) is 3.99. The fourth-order valence-corrected chi connectivity index (χ4v) is 1.25. The van der Waals surface area contributed by atoms with Crippen LogP contribution in [-0.2, 0) is 27.8 Å². The Balaban J connectivity index is 0. The third kappa shape index (κ3) is 12.0. The van der Waals surface area contributed by atoms with E-state index in [9.17, 15) is 28.5 Å². The summed E-state index contributed by atoms with van der Waals surface area (Å²) in [4.78, 5) is 39.3. The lowest BCUT2D eigenvalue weighted by Gasteiger charge is -2.00. The van der Waals surface area contributed by atoms with Crippen LogP contribution in [0.3, 0.4) is 0 Å². The van der Waals surface area contributed by atoms with Gasteiger partial charge in [0.1, 0.15) is 0 Å². The SMILES string of the molecule is O=C(O)C(CO)O[P+](=O)[O-].O=C(O)C(CO)O[P+](=O)[O-]. The van der Waals surface area contributed by atoms with Gasteiger partial charge in [-0.15, -0.1) is 9.05 Å². The van der Waals surface area contributed by atoms with Gasteiger partial charge in [0.15, 0.2) is 0 Å². The van der Waals surface area contributed by atoms with Crippen LogP contribution < -0.4 is 9.79 Å². The monoisotopic (exact) mass is 336 g/mol. The highest BCUT2D eigenvalue weighted by Crippen LogP contribution is 2.13. The van der Waals surface area contributed by atoms with Crippen LogP contribution in [0.25, 0.3) is 0 Å². The Kier molecular flexibility index (Phi) is 12.4. The Morgan fingerprint density at radius 3 is 1.20 bits per heavy atom. The quantitative estimate of drug-likeness (QED) is 0.325. The van der Waals surface area contributed by atoms with Gasteiger partial charge in [0.2, 0.25) is 12.2 Å². The van der Waals surface area contributed by atoms with E-state index in [1.54, 1.807) is 0 Å². The minimum Gasteiger partial charge on any atom is -0.566 e. The lowest BCUT2D eigenvalue weighted by atomic mass is 10.4. The van der Waals surface area contributed by atoms with E-state index >= 15 is 0 Å². The highest BCUT2D eigenvalue weighted by atomic mass is 31.1. The fourth-order valence-electron chi connectivity index (χ4n) is 0.521. The van der Waals surface area contributed by atoms with Crippen molar-refractivity contribution in [2.45, 2.75) is 12.2 Å². The zero-order valence-electron chi connectivity index (χ0n) is 9.52. The largest absolute Gasteiger partial charge is 0.566 e. The molecule has 0 heterocycles. The highest BCUT2D eigenvalue weighted by Gasteiger charge is 2.24. The van der Waals surface area contributed by atoms with Gasteiger partial charge in [0.05, 0.1) is 13.2 Å². The number of aliphatic hydroxyl groups excluding tert-OH is 2. The summed E-state index contributed by atoms with van der Waals surface area (Å²) in [6, 6.07) is 0. The molecule has 0 aromatic rings. The van der Waals surface area contributed by atoms with Crippen LogP contribution in [0.4, 0.5) is 0 Å². The number of carboxylic acid groups (broad SMARTS) is 2. The Labute approximate surface area is 113 Å². The molecule has 12 nitrogen and oxygen atoms in total.